The number of ether oxygens (including phenoxy) is 1. The molecule has 0 bridgehead atoms. The fourth-order valence-corrected chi connectivity index (χ4v) is 4.01. The molecule has 26 heavy (non-hydrogen) atoms. The van der Waals surface area contributed by atoms with Gasteiger partial charge < -0.3 is 9.26 Å². The monoisotopic (exact) mass is 394 g/mol. The number of aromatic nitrogens is 1. The number of benzene rings is 2. The lowest BCUT2D eigenvalue weighted by Crippen LogP contribution is -2.17. The van der Waals surface area contributed by atoms with Gasteiger partial charge in [0.25, 0.3) is 10.0 Å². The number of sulfonamides is 1. The molecule has 1 aromatic heterocycles. The molecule has 0 unspecified atom stereocenters. The Balaban J connectivity index is 2.10. The van der Waals surface area contributed by atoms with Gasteiger partial charge >= 0.3 is 0 Å². The molecule has 0 radical (unpaired) electrons. The molecular weight excluding hydrogens is 376 g/mol. The van der Waals surface area contributed by atoms with Gasteiger partial charge in [-0.15, -0.1) is 0 Å². The lowest BCUT2D eigenvalue weighted by Gasteiger charge is -2.21. The summed E-state index contributed by atoms with van der Waals surface area (Å²) in [6, 6.07) is 10.1. The van der Waals surface area contributed by atoms with Crippen molar-refractivity contribution in [3.63, 3.8) is 0 Å². The first-order valence-electron chi connectivity index (χ1n) is 7.89. The van der Waals surface area contributed by atoms with Crippen LogP contribution in [0.15, 0.2) is 45.8 Å². The first-order valence-corrected chi connectivity index (χ1v) is 9.75. The van der Waals surface area contributed by atoms with E-state index in [9.17, 15) is 8.42 Å². The Kier molecular flexibility index (Phi) is 4.62. The van der Waals surface area contributed by atoms with Gasteiger partial charge in [-0.2, -0.15) is 0 Å². The molecule has 0 aliphatic carbocycles. The molecular formula is C18H19ClN2O4S. The fraction of sp³-hybridized carbons (Fsp3) is 0.278. The van der Waals surface area contributed by atoms with Crippen molar-refractivity contribution in [1.82, 2.24) is 5.16 Å². The Morgan fingerprint density at radius 1 is 1.19 bits per heavy atom. The van der Waals surface area contributed by atoms with Crippen molar-refractivity contribution in [3.05, 3.63) is 47.0 Å². The number of halogens is 1. The molecule has 0 spiro atoms. The first-order chi connectivity index (χ1) is 12.1. The van der Waals surface area contributed by atoms with Gasteiger partial charge in [-0.25, -0.2) is 8.42 Å². The summed E-state index contributed by atoms with van der Waals surface area (Å²) in [6.45, 7) is 6.01. The van der Waals surface area contributed by atoms with E-state index in [4.69, 9.17) is 20.9 Å². The zero-order chi connectivity index (χ0) is 19.1. The minimum Gasteiger partial charge on any atom is -0.495 e. The third kappa shape index (κ3) is 3.37. The first kappa shape index (κ1) is 18.5. The van der Waals surface area contributed by atoms with Crippen LogP contribution in [0.3, 0.4) is 0 Å². The summed E-state index contributed by atoms with van der Waals surface area (Å²) < 4.78 is 38.8. The maximum Gasteiger partial charge on any atom is 0.266 e. The Morgan fingerprint density at radius 3 is 2.58 bits per heavy atom. The topological polar surface area (TPSA) is 81.4 Å². The van der Waals surface area contributed by atoms with Crippen molar-refractivity contribution in [1.29, 1.82) is 0 Å². The van der Waals surface area contributed by atoms with Crippen LogP contribution in [-0.2, 0) is 15.4 Å². The molecule has 1 heterocycles. The normalized spacial score (nSPS) is 12.3. The maximum absolute atomic E-state index is 13.0. The Labute approximate surface area is 157 Å². The number of hydrogen-bond donors (Lipinski definition) is 1. The van der Waals surface area contributed by atoms with Crippen molar-refractivity contribution in [2.75, 3.05) is 11.8 Å². The van der Waals surface area contributed by atoms with Crippen LogP contribution in [0.4, 0.5) is 5.82 Å². The highest BCUT2D eigenvalue weighted by atomic mass is 35.5. The molecule has 3 rings (SSSR count). The largest absolute Gasteiger partial charge is 0.495 e. The lowest BCUT2D eigenvalue weighted by molar-refractivity contribution is 0.402. The van der Waals surface area contributed by atoms with E-state index < -0.39 is 10.0 Å². The van der Waals surface area contributed by atoms with Crippen LogP contribution in [0.5, 0.6) is 5.75 Å². The number of hydrogen-bond acceptors (Lipinski definition) is 5. The second-order valence-electron chi connectivity index (χ2n) is 6.87. The standard InChI is InChI=1S/C18H19ClN2O4S/c1-18(2,3)11-8-9-13(24-4)15(10-11)26(22,23)21-17-16-12(19)6-5-7-14(16)25-20-17/h5-10H,1-4H3,(H,20,21). The highest BCUT2D eigenvalue weighted by Gasteiger charge is 2.26. The zero-order valence-corrected chi connectivity index (χ0v) is 16.4. The van der Waals surface area contributed by atoms with Gasteiger partial charge in [0.1, 0.15) is 10.6 Å². The van der Waals surface area contributed by atoms with E-state index in [-0.39, 0.29) is 21.9 Å². The van der Waals surface area contributed by atoms with E-state index >= 15 is 0 Å². The SMILES string of the molecule is COc1ccc(C(C)(C)C)cc1S(=O)(=O)Nc1noc2cccc(Cl)c12. The molecule has 3 aromatic rings. The van der Waals surface area contributed by atoms with Crippen LogP contribution in [0.2, 0.25) is 5.02 Å². The molecule has 0 saturated heterocycles. The maximum atomic E-state index is 13.0. The van der Waals surface area contributed by atoms with Crippen LogP contribution in [0.1, 0.15) is 26.3 Å². The van der Waals surface area contributed by atoms with Gasteiger partial charge in [-0.1, -0.05) is 49.7 Å². The Hall–Kier alpha value is -2.25. The van der Waals surface area contributed by atoms with Gasteiger partial charge in [0.05, 0.1) is 17.5 Å². The minimum atomic E-state index is -3.97. The van der Waals surface area contributed by atoms with Crippen molar-refractivity contribution >= 4 is 38.4 Å². The van der Waals surface area contributed by atoms with Crippen LogP contribution in [0, 0.1) is 0 Å². The number of rotatable bonds is 4. The molecule has 0 aliphatic rings. The summed E-state index contributed by atoms with van der Waals surface area (Å²) in [5.74, 6) is 0.276. The van der Waals surface area contributed by atoms with Gasteiger partial charge in [0.15, 0.2) is 11.4 Å². The van der Waals surface area contributed by atoms with Crippen molar-refractivity contribution < 1.29 is 17.7 Å². The fourth-order valence-electron chi connectivity index (χ4n) is 2.56. The van der Waals surface area contributed by atoms with Crippen molar-refractivity contribution in [2.45, 2.75) is 31.1 Å². The van der Waals surface area contributed by atoms with Gasteiger partial charge in [0.2, 0.25) is 0 Å². The summed E-state index contributed by atoms with van der Waals surface area (Å²) in [6.07, 6.45) is 0. The van der Waals surface area contributed by atoms with Crippen molar-refractivity contribution in [2.24, 2.45) is 0 Å². The second kappa shape index (κ2) is 6.48. The smallest absolute Gasteiger partial charge is 0.266 e. The summed E-state index contributed by atoms with van der Waals surface area (Å²) in [4.78, 5) is 0.0237. The molecule has 1 N–H and O–H groups in total. The third-order valence-corrected chi connectivity index (χ3v) is 5.67. The second-order valence-corrected chi connectivity index (χ2v) is 8.92. The lowest BCUT2D eigenvalue weighted by atomic mass is 9.87. The van der Waals surface area contributed by atoms with Crippen LogP contribution in [0.25, 0.3) is 11.0 Å². The summed E-state index contributed by atoms with van der Waals surface area (Å²) in [5, 5.41) is 4.55. The highest BCUT2D eigenvalue weighted by molar-refractivity contribution is 7.92. The Morgan fingerprint density at radius 2 is 1.92 bits per heavy atom. The van der Waals surface area contributed by atoms with E-state index in [0.717, 1.165) is 5.56 Å². The number of nitrogens with zero attached hydrogens (tertiary/aromatic N) is 1. The zero-order valence-electron chi connectivity index (χ0n) is 14.8. The van der Waals surface area contributed by atoms with E-state index in [1.54, 1.807) is 30.3 Å². The molecule has 0 atom stereocenters. The summed E-state index contributed by atoms with van der Waals surface area (Å²) in [5.41, 5.74) is 1.03. The van der Waals surface area contributed by atoms with Crippen LogP contribution < -0.4 is 9.46 Å². The van der Waals surface area contributed by atoms with E-state index in [1.165, 1.54) is 7.11 Å². The molecule has 0 aliphatic heterocycles. The molecule has 8 heteroatoms. The number of nitrogens with one attached hydrogen (secondary N) is 1. The van der Waals surface area contributed by atoms with Crippen LogP contribution in [-0.4, -0.2) is 20.7 Å². The van der Waals surface area contributed by atoms with E-state index in [1.807, 2.05) is 26.8 Å². The van der Waals surface area contributed by atoms with Gasteiger partial charge in [0, 0.05) is 0 Å². The molecule has 2 aromatic carbocycles. The highest BCUT2D eigenvalue weighted by Crippen LogP contribution is 2.34. The molecule has 0 amide bonds. The average Bonchev–Trinajstić information content (AvgIpc) is 2.97. The summed E-state index contributed by atoms with van der Waals surface area (Å²) >= 11 is 6.16. The quantitative estimate of drug-likeness (QED) is 0.699. The molecule has 6 nitrogen and oxygen atoms in total. The molecule has 0 fully saturated rings. The number of methoxy groups -OCH3 is 1. The summed E-state index contributed by atoms with van der Waals surface area (Å²) in [7, 11) is -2.55. The Bertz CT molecular complexity index is 1070. The molecule has 0 saturated carbocycles. The minimum absolute atomic E-state index is 0.0237. The number of anilines is 1. The third-order valence-electron chi connectivity index (χ3n) is 4.00. The van der Waals surface area contributed by atoms with Crippen molar-refractivity contribution in [3.8, 4) is 5.75 Å². The average molecular weight is 395 g/mol. The van der Waals surface area contributed by atoms with E-state index in [0.29, 0.717) is 16.0 Å². The van der Waals surface area contributed by atoms with Gasteiger partial charge in [-0.3, -0.25) is 4.72 Å². The van der Waals surface area contributed by atoms with E-state index in [2.05, 4.69) is 9.88 Å². The van der Waals surface area contributed by atoms with Gasteiger partial charge in [-0.05, 0) is 35.2 Å². The predicted octanol–water partition coefficient (Wildman–Crippen LogP) is 4.59. The van der Waals surface area contributed by atoms with Crippen LogP contribution >= 0.6 is 11.6 Å². The number of fused-ring (bicyclic) bond motifs is 1. The molecule has 138 valence electrons. The predicted molar refractivity (Wildman–Crippen MR) is 102 cm³/mol.